The summed E-state index contributed by atoms with van der Waals surface area (Å²) in [4.78, 5) is 19.6. The summed E-state index contributed by atoms with van der Waals surface area (Å²) in [5, 5.41) is 4.03. The van der Waals surface area contributed by atoms with Gasteiger partial charge in [0.05, 0.1) is 5.52 Å². The topological polar surface area (TPSA) is 66.8 Å². The van der Waals surface area contributed by atoms with Crippen LogP contribution in [0.4, 0.5) is 11.9 Å². The predicted molar refractivity (Wildman–Crippen MR) is 84.4 cm³/mol. The Morgan fingerprint density at radius 1 is 1.00 bits per heavy atom. The number of para-hydroxylation sites is 1. The van der Waals surface area contributed by atoms with E-state index in [0.29, 0.717) is 17.7 Å². The van der Waals surface area contributed by atoms with Crippen molar-refractivity contribution in [3.63, 3.8) is 0 Å². The Labute approximate surface area is 122 Å². The summed E-state index contributed by atoms with van der Waals surface area (Å²) in [5.74, 6) is 1.76. The number of nitrogens with zero attached hydrogens (tertiary/aromatic N) is 5. The van der Waals surface area contributed by atoms with Crippen molar-refractivity contribution in [1.82, 2.24) is 19.9 Å². The van der Waals surface area contributed by atoms with E-state index in [0.717, 1.165) is 16.5 Å². The zero-order valence-electron chi connectivity index (χ0n) is 12.2. The van der Waals surface area contributed by atoms with Gasteiger partial charge in [0.1, 0.15) is 0 Å². The van der Waals surface area contributed by atoms with Crippen LogP contribution >= 0.6 is 0 Å². The molecule has 0 atom stereocenters. The summed E-state index contributed by atoms with van der Waals surface area (Å²) in [6.07, 6.45) is 1.78. The molecule has 0 fully saturated rings. The lowest BCUT2D eigenvalue weighted by Gasteiger charge is -2.13. The van der Waals surface area contributed by atoms with Crippen LogP contribution < -0.4 is 10.2 Å². The molecule has 2 aromatic heterocycles. The van der Waals surface area contributed by atoms with Gasteiger partial charge in [-0.15, -0.1) is 0 Å². The van der Waals surface area contributed by atoms with Crippen molar-refractivity contribution in [3.05, 3.63) is 36.5 Å². The third-order valence-electron chi connectivity index (χ3n) is 3.12. The third kappa shape index (κ3) is 2.47. The van der Waals surface area contributed by atoms with E-state index in [4.69, 9.17) is 0 Å². The number of benzene rings is 1. The van der Waals surface area contributed by atoms with Gasteiger partial charge in [-0.25, -0.2) is 0 Å². The highest BCUT2D eigenvalue weighted by molar-refractivity contribution is 5.91. The summed E-state index contributed by atoms with van der Waals surface area (Å²) in [6, 6.07) is 9.93. The molecule has 0 saturated heterocycles. The van der Waals surface area contributed by atoms with Crippen molar-refractivity contribution in [3.8, 4) is 11.4 Å². The molecule has 0 unspecified atom stereocenters. The summed E-state index contributed by atoms with van der Waals surface area (Å²) < 4.78 is 0. The van der Waals surface area contributed by atoms with Gasteiger partial charge in [0.2, 0.25) is 11.9 Å². The third-order valence-corrected chi connectivity index (χ3v) is 3.12. The molecule has 0 aliphatic rings. The molecular formula is C15H16N6. The largest absolute Gasteiger partial charge is 0.357 e. The second-order valence-corrected chi connectivity index (χ2v) is 4.81. The SMILES string of the molecule is CNc1nc(-c2cccc3cccnc23)nc(N(C)C)n1. The van der Waals surface area contributed by atoms with Crippen LogP contribution in [0.15, 0.2) is 36.5 Å². The quantitative estimate of drug-likeness (QED) is 0.793. The number of anilines is 2. The highest BCUT2D eigenvalue weighted by atomic mass is 15.3. The molecule has 106 valence electrons. The summed E-state index contributed by atoms with van der Waals surface area (Å²) >= 11 is 0. The Morgan fingerprint density at radius 3 is 2.57 bits per heavy atom. The van der Waals surface area contributed by atoms with E-state index < -0.39 is 0 Å². The fraction of sp³-hybridized carbons (Fsp3) is 0.200. The molecule has 0 spiro atoms. The highest BCUT2D eigenvalue weighted by Crippen LogP contribution is 2.25. The maximum atomic E-state index is 4.52. The van der Waals surface area contributed by atoms with E-state index in [-0.39, 0.29) is 0 Å². The minimum atomic E-state index is 0.539. The molecule has 3 aromatic rings. The lowest BCUT2D eigenvalue weighted by molar-refractivity contribution is 0.964. The normalized spacial score (nSPS) is 10.6. The van der Waals surface area contributed by atoms with E-state index in [1.54, 1.807) is 13.2 Å². The van der Waals surface area contributed by atoms with Crippen molar-refractivity contribution in [2.24, 2.45) is 0 Å². The van der Waals surface area contributed by atoms with Gasteiger partial charge in [0, 0.05) is 38.3 Å². The average Bonchev–Trinajstić information content (AvgIpc) is 2.53. The smallest absolute Gasteiger partial charge is 0.230 e. The predicted octanol–water partition coefficient (Wildman–Crippen LogP) is 2.19. The Hall–Kier alpha value is -2.76. The van der Waals surface area contributed by atoms with Crippen LogP contribution in [-0.2, 0) is 0 Å². The standard InChI is InChI=1S/C15H16N6/c1-16-14-18-13(19-15(20-14)21(2)3)11-8-4-6-10-7-5-9-17-12(10)11/h4-9H,1-3H3,(H,16,18,19,20). The molecule has 6 heteroatoms. The number of rotatable bonds is 3. The monoisotopic (exact) mass is 280 g/mol. The molecule has 21 heavy (non-hydrogen) atoms. The number of hydrogen-bond acceptors (Lipinski definition) is 6. The number of fused-ring (bicyclic) bond motifs is 1. The second-order valence-electron chi connectivity index (χ2n) is 4.81. The van der Waals surface area contributed by atoms with Crippen molar-refractivity contribution in [2.45, 2.75) is 0 Å². The maximum Gasteiger partial charge on any atom is 0.230 e. The molecule has 1 aromatic carbocycles. The lowest BCUT2D eigenvalue weighted by Crippen LogP contribution is -2.15. The highest BCUT2D eigenvalue weighted by Gasteiger charge is 2.12. The van der Waals surface area contributed by atoms with Crippen LogP contribution in [0.5, 0.6) is 0 Å². The van der Waals surface area contributed by atoms with Crippen molar-refractivity contribution >= 4 is 22.8 Å². The Bertz CT molecular complexity index is 779. The Kier molecular flexibility index (Phi) is 3.35. The molecule has 2 heterocycles. The first-order valence-electron chi connectivity index (χ1n) is 6.64. The summed E-state index contributed by atoms with van der Waals surface area (Å²) in [7, 11) is 5.60. The van der Waals surface area contributed by atoms with Gasteiger partial charge in [-0.2, -0.15) is 15.0 Å². The minimum absolute atomic E-state index is 0.539. The number of hydrogen-bond donors (Lipinski definition) is 1. The number of pyridine rings is 1. The van der Waals surface area contributed by atoms with Crippen molar-refractivity contribution in [2.75, 3.05) is 31.4 Å². The molecular weight excluding hydrogens is 264 g/mol. The first-order valence-corrected chi connectivity index (χ1v) is 6.64. The molecule has 0 bridgehead atoms. The molecule has 1 N–H and O–H groups in total. The molecule has 3 rings (SSSR count). The Balaban J connectivity index is 2.25. The molecule has 0 aliphatic carbocycles. The lowest BCUT2D eigenvalue weighted by atomic mass is 10.1. The molecule has 0 amide bonds. The molecule has 0 radical (unpaired) electrons. The van der Waals surface area contributed by atoms with Gasteiger partial charge in [0.25, 0.3) is 0 Å². The van der Waals surface area contributed by atoms with Crippen molar-refractivity contribution in [1.29, 1.82) is 0 Å². The van der Waals surface area contributed by atoms with Crippen LogP contribution in [0.25, 0.3) is 22.3 Å². The Morgan fingerprint density at radius 2 is 1.81 bits per heavy atom. The van der Waals surface area contributed by atoms with Crippen LogP contribution in [0, 0.1) is 0 Å². The van der Waals surface area contributed by atoms with Crippen molar-refractivity contribution < 1.29 is 0 Å². The van der Waals surface area contributed by atoms with E-state index in [2.05, 4.69) is 25.3 Å². The fourth-order valence-corrected chi connectivity index (χ4v) is 2.08. The van der Waals surface area contributed by atoms with Gasteiger partial charge >= 0.3 is 0 Å². The number of nitrogens with one attached hydrogen (secondary N) is 1. The average molecular weight is 280 g/mol. The van der Waals surface area contributed by atoms with E-state index in [1.165, 1.54) is 0 Å². The molecule has 6 nitrogen and oxygen atoms in total. The zero-order chi connectivity index (χ0) is 14.8. The minimum Gasteiger partial charge on any atom is -0.357 e. The van der Waals surface area contributed by atoms with Gasteiger partial charge in [-0.3, -0.25) is 4.98 Å². The van der Waals surface area contributed by atoms with Gasteiger partial charge in [-0.05, 0) is 12.1 Å². The fourth-order valence-electron chi connectivity index (χ4n) is 2.08. The van der Waals surface area contributed by atoms with Gasteiger partial charge in [0.15, 0.2) is 5.82 Å². The first kappa shape index (κ1) is 13.2. The van der Waals surface area contributed by atoms with Gasteiger partial charge in [-0.1, -0.05) is 18.2 Å². The van der Waals surface area contributed by atoms with Crippen LogP contribution in [-0.4, -0.2) is 41.1 Å². The van der Waals surface area contributed by atoms with Gasteiger partial charge < -0.3 is 10.2 Å². The number of aromatic nitrogens is 4. The second kappa shape index (κ2) is 5.32. The van der Waals surface area contributed by atoms with E-state index >= 15 is 0 Å². The van der Waals surface area contributed by atoms with E-state index in [9.17, 15) is 0 Å². The maximum absolute atomic E-state index is 4.52. The zero-order valence-corrected chi connectivity index (χ0v) is 12.2. The summed E-state index contributed by atoms with van der Waals surface area (Å²) in [5.41, 5.74) is 1.79. The molecule has 0 aliphatic heterocycles. The first-order chi connectivity index (χ1) is 10.2. The van der Waals surface area contributed by atoms with Crippen LogP contribution in [0.1, 0.15) is 0 Å². The summed E-state index contributed by atoms with van der Waals surface area (Å²) in [6.45, 7) is 0. The molecule has 0 saturated carbocycles. The van der Waals surface area contributed by atoms with Crippen LogP contribution in [0.2, 0.25) is 0 Å². The van der Waals surface area contributed by atoms with Crippen LogP contribution in [0.3, 0.4) is 0 Å². The van der Waals surface area contributed by atoms with E-state index in [1.807, 2.05) is 49.3 Å².